The van der Waals surface area contributed by atoms with E-state index < -0.39 is 0 Å². The molecule has 2 heterocycles. The molecule has 0 aliphatic heterocycles. The Morgan fingerprint density at radius 3 is 2.77 bits per heavy atom. The van der Waals surface area contributed by atoms with Crippen LogP contribution in [0.5, 0.6) is 0 Å². The van der Waals surface area contributed by atoms with Crippen molar-refractivity contribution in [2.45, 2.75) is 40.0 Å². The molecule has 0 radical (unpaired) electrons. The molecule has 136 valence electrons. The molecule has 5 heteroatoms. The van der Waals surface area contributed by atoms with Crippen LogP contribution in [-0.2, 0) is 0 Å². The monoisotopic (exact) mass is 351 g/mol. The van der Waals surface area contributed by atoms with Crippen molar-refractivity contribution in [3.8, 4) is 17.1 Å². The van der Waals surface area contributed by atoms with Gasteiger partial charge in [0.15, 0.2) is 5.76 Å². The third-order valence-corrected chi connectivity index (χ3v) is 4.37. The van der Waals surface area contributed by atoms with Crippen LogP contribution in [-0.4, -0.2) is 22.2 Å². The van der Waals surface area contributed by atoms with Crippen LogP contribution in [0.15, 0.2) is 47.1 Å². The standard InChI is InChI=1S/C21H25N3O2/c1-4-5-6-11-22-21(25)19-14-17(20-8-7-12-26-20)23-24(19)18-13-15(2)9-10-16(18)3/h7-10,12-14H,4-6,11H2,1-3H3,(H,22,25). The van der Waals surface area contributed by atoms with Gasteiger partial charge in [-0.2, -0.15) is 5.10 Å². The largest absolute Gasteiger partial charge is 0.463 e. The van der Waals surface area contributed by atoms with Crippen molar-refractivity contribution in [3.63, 3.8) is 0 Å². The molecule has 0 aliphatic carbocycles. The van der Waals surface area contributed by atoms with Gasteiger partial charge in [0.2, 0.25) is 0 Å². The summed E-state index contributed by atoms with van der Waals surface area (Å²) in [7, 11) is 0. The van der Waals surface area contributed by atoms with Crippen molar-refractivity contribution in [2.75, 3.05) is 6.54 Å². The van der Waals surface area contributed by atoms with E-state index in [1.807, 2.05) is 38.1 Å². The molecule has 5 nitrogen and oxygen atoms in total. The second-order valence-corrected chi connectivity index (χ2v) is 6.56. The number of hydrogen-bond donors (Lipinski definition) is 1. The van der Waals surface area contributed by atoms with Crippen molar-refractivity contribution >= 4 is 5.91 Å². The summed E-state index contributed by atoms with van der Waals surface area (Å²) in [6.45, 7) is 6.87. The number of nitrogens with one attached hydrogen (secondary N) is 1. The fourth-order valence-corrected chi connectivity index (χ4v) is 2.89. The molecular weight excluding hydrogens is 326 g/mol. The molecule has 0 aliphatic rings. The van der Waals surface area contributed by atoms with Gasteiger partial charge in [0.05, 0.1) is 12.0 Å². The number of hydrogen-bond acceptors (Lipinski definition) is 3. The number of amides is 1. The van der Waals surface area contributed by atoms with E-state index in [0.29, 0.717) is 23.7 Å². The van der Waals surface area contributed by atoms with Crippen LogP contribution in [0.4, 0.5) is 0 Å². The van der Waals surface area contributed by atoms with Crippen molar-refractivity contribution in [3.05, 3.63) is 59.5 Å². The van der Waals surface area contributed by atoms with Gasteiger partial charge in [0.25, 0.3) is 5.91 Å². The second-order valence-electron chi connectivity index (χ2n) is 6.56. The molecule has 0 unspecified atom stereocenters. The lowest BCUT2D eigenvalue weighted by Gasteiger charge is -2.11. The summed E-state index contributed by atoms with van der Waals surface area (Å²) in [4.78, 5) is 12.8. The SMILES string of the molecule is CCCCCNC(=O)c1cc(-c2ccco2)nn1-c1cc(C)ccc1C. The van der Waals surface area contributed by atoms with Gasteiger partial charge in [0, 0.05) is 12.6 Å². The Labute approximate surface area is 154 Å². The Balaban J connectivity index is 1.98. The lowest BCUT2D eigenvalue weighted by molar-refractivity contribution is 0.0945. The molecule has 2 aromatic heterocycles. The Kier molecular flexibility index (Phi) is 5.56. The van der Waals surface area contributed by atoms with Crippen LogP contribution < -0.4 is 5.32 Å². The molecule has 0 fully saturated rings. The quantitative estimate of drug-likeness (QED) is 0.629. The third-order valence-electron chi connectivity index (χ3n) is 4.37. The number of benzene rings is 1. The van der Waals surface area contributed by atoms with E-state index in [2.05, 4.69) is 23.4 Å². The minimum atomic E-state index is -0.118. The van der Waals surface area contributed by atoms with Gasteiger partial charge < -0.3 is 9.73 Å². The molecular formula is C21H25N3O2. The maximum Gasteiger partial charge on any atom is 0.270 e. The smallest absolute Gasteiger partial charge is 0.270 e. The first-order chi connectivity index (χ1) is 12.6. The van der Waals surface area contributed by atoms with Crippen LogP contribution in [0.25, 0.3) is 17.1 Å². The molecule has 0 spiro atoms. The van der Waals surface area contributed by atoms with Gasteiger partial charge in [-0.25, -0.2) is 4.68 Å². The Morgan fingerprint density at radius 1 is 1.19 bits per heavy atom. The molecule has 26 heavy (non-hydrogen) atoms. The average Bonchev–Trinajstić information content (AvgIpc) is 3.30. The van der Waals surface area contributed by atoms with Crippen LogP contribution in [0, 0.1) is 13.8 Å². The first-order valence-corrected chi connectivity index (χ1v) is 9.10. The van der Waals surface area contributed by atoms with Crippen LogP contribution in [0.1, 0.15) is 47.8 Å². The average molecular weight is 351 g/mol. The molecule has 0 saturated carbocycles. The number of aromatic nitrogens is 2. The molecule has 3 aromatic rings. The highest BCUT2D eigenvalue weighted by molar-refractivity contribution is 5.94. The number of carbonyl (C=O) groups excluding carboxylic acids is 1. The van der Waals surface area contributed by atoms with E-state index >= 15 is 0 Å². The molecule has 1 aromatic carbocycles. The highest BCUT2D eigenvalue weighted by Crippen LogP contribution is 2.24. The Bertz CT molecular complexity index is 879. The minimum absolute atomic E-state index is 0.118. The maximum absolute atomic E-state index is 12.8. The highest BCUT2D eigenvalue weighted by atomic mass is 16.3. The summed E-state index contributed by atoms with van der Waals surface area (Å²) in [6.07, 6.45) is 4.81. The number of furan rings is 1. The van der Waals surface area contributed by atoms with Crippen molar-refractivity contribution < 1.29 is 9.21 Å². The van der Waals surface area contributed by atoms with E-state index in [4.69, 9.17) is 4.42 Å². The molecule has 0 bridgehead atoms. The summed E-state index contributed by atoms with van der Waals surface area (Å²) in [5.74, 6) is 0.529. The van der Waals surface area contributed by atoms with Gasteiger partial charge in [-0.15, -0.1) is 0 Å². The van der Waals surface area contributed by atoms with Crippen molar-refractivity contribution in [1.29, 1.82) is 0 Å². The number of unbranched alkanes of at least 4 members (excludes halogenated alkanes) is 2. The van der Waals surface area contributed by atoms with E-state index in [1.165, 1.54) is 0 Å². The topological polar surface area (TPSA) is 60.1 Å². The van der Waals surface area contributed by atoms with E-state index in [0.717, 1.165) is 36.1 Å². The van der Waals surface area contributed by atoms with Crippen LogP contribution >= 0.6 is 0 Å². The fourth-order valence-electron chi connectivity index (χ4n) is 2.89. The number of nitrogens with zero attached hydrogens (tertiary/aromatic N) is 2. The third kappa shape index (κ3) is 3.87. The Hall–Kier alpha value is -2.82. The van der Waals surface area contributed by atoms with Crippen molar-refractivity contribution in [1.82, 2.24) is 15.1 Å². The molecule has 0 atom stereocenters. The lowest BCUT2D eigenvalue weighted by Crippen LogP contribution is -2.27. The van der Waals surface area contributed by atoms with Crippen LogP contribution in [0.3, 0.4) is 0 Å². The summed E-state index contributed by atoms with van der Waals surface area (Å²) in [5, 5.41) is 7.66. The van der Waals surface area contributed by atoms with E-state index in [9.17, 15) is 4.79 Å². The second kappa shape index (κ2) is 8.04. The maximum atomic E-state index is 12.8. The number of rotatable bonds is 7. The number of carbonyl (C=O) groups is 1. The summed E-state index contributed by atoms with van der Waals surface area (Å²) in [5.41, 5.74) is 4.25. The molecule has 0 saturated heterocycles. The zero-order valence-corrected chi connectivity index (χ0v) is 15.6. The van der Waals surface area contributed by atoms with Gasteiger partial charge in [-0.1, -0.05) is 31.9 Å². The lowest BCUT2D eigenvalue weighted by atomic mass is 10.1. The highest BCUT2D eigenvalue weighted by Gasteiger charge is 2.19. The predicted molar refractivity (Wildman–Crippen MR) is 103 cm³/mol. The Morgan fingerprint density at radius 2 is 2.04 bits per heavy atom. The van der Waals surface area contributed by atoms with E-state index in [1.54, 1.807) is 17.0 Å². The molecule has 3 rings (SSSR count). The molecule has 1 amide bonds. The van der Waals surface area contributed by atoms with Gasteiger partial charge in [0.1, 0.15) is 11.4 Å². The summed E-state index contributed by atoms with van der Waals surface area (Å²) in [6, 6.07) is 11.6. The first kappa shape index (κ1) is 18.0. The van der Waals surface area contributed by atoms with Crippen molar-refractivity contribution in [2.24, 2.45) is 0 Å². The minimum Gasteiger partial charge on any atom is -0.463 e. The molecule has 1 N–H and O–H groups in total. The normalized spacial score (nSPS) is 10.9. The van der Waals surface area contributed by atoms with Gasteiger partial charge in [-0.05, 0) is 49.6 Å². The van der Waals surface area contributed by atoms with Gasteiger partial charge >= 0.3 is 0 Å². The summed E-state index contributed by atoms with van der Waals surface area (Å²) >= 11 is 0. The summed E-state index contributed by atoms with van der Waals surface area (Å²) < 4.78 is 7.18. The van der Waals surface area contributed by atoms with E-state index in [-0.39, 0.29) is 5.91 Å². The zero-order chi connectivity index (χ0) is 18.5. The predicted octanol–water partition coefficient (Wildman–Crippen LogP) is 4.67. The number of aryl methyl sites for hydroxylation is 2. The zero-order valence-electron chi connectivity index (χ0n) is 15.6. The van der Waals surface area contributed by atoms with Crippen LogP contribution in [0.2, 0.25) is 0 Å². The first-order valence-electron chi connectivity index (χ1n) is 9.10. The van der Waals surface area contributed by atoms with Gasteiger partial charge in [-0.3, -0.25) is 4.79 Å². The fraction of sp³-hybridized carbons (Fsp3) is 0.333.